The maximum absolute atomic E-state index is 12.5. The highest BCUT2D eigenvalue weighted by atomic mass is 32.1. The quantitative estimate of drug-likeness (QED) is 0.873. The van der Waals surface area contributed by atoms with Crippen LogP contribution >= 0.6 is 11.3 Å². The Bertz CT molecular complexity index is 598. The summed E-state index contributed by atoms with van der Waals surface area (Å²) in [6.07, 6.45) is 1.52. The van der Waals surface area contributed by atoms with Crippen molar-refractivity contribution in [1.82, 2.24) is 9.88 Å². The lowest BCUT2D eigenvalue weighted by molar-refractivity contribution is -0.0212. The summed E-state index contributed by atoms with van der Waals surface area (Å²) in [5.74, 6) is 0.486. The Hall–Kier alpha value is -1.92. The van der Waals surface area contributed by atoms with Crippen LogP contribution in [0.3, 0.4) is 0 Å². The molecule has 21 heavy (non-hydrogen) atoms. The van der Waals surface area contributed by atoms with Crippen LogP contribution in [0.5, 0.6) is 5.88 Å². The van der Waals surface area contributed by atoms with E-state index in [0.29, 0.717) is 31.1 Å². The molecule has 6 heteroatoms. The van der Waals surface area contributed by atoms with Gasteiger partial charge in [0.05, 0.1) is 25.8 Å². The van der Waals surface area contributed by atoms with Crippen molar-refractivity contribution < 1.29 is 14.3 Å². The van der Waals surface area contributed by atoms with Crippen molar-refractivity contribution in [3.63, 3.8) is 0 Å². The van der Waals surface area contributed by atoms with Gasteiger partial charge in [-0.15, -0.1) is 11.3 Å². The van der Waals surface area contributed by atoms with E-state index in [1.165, 1.54) is 0 Å². The molecule has 1 aliphatic heterocycles. The lowest BCUT2D eigenvalue weighted by Gasteiger charge is -2.32. The van der Waals surface area contributed by atoms with Gasteiger partial charge in [0.25, 0.3) is 5.91 Å². The topological polar surface area (TPSA) is 51.7 Å². The van der Waals surface area contributed by atoms with Crippen molar-refractivity contribution in [2.45, 2.75) is 6.10 Å². The van der Waals surface area contributed by atoms with E-state index in [9.17, 15) is 4.79 Å². The van der Waals surface area contributed by atoms with E-state index in [1.807, 2.05) is 22.4 Å². The molecule has 3 heterocycles. The van der Waals surface area contributed by atoms with Crippen LogP contribution in [0, 0.1) is 0 Å². The molecule has 0 N–H and O–H groups in total. The number of hydrogen-bond donors (Lipinski definition) is 0. The second kappa shape index (κ2) is 6.24. The minimum absolute atomic E-state index is 0.0185. The van der Waals surface area contributed by atoms with Crippen LogP contribution in [0.15, 0.2) is 35.8 Å². The fourth-order valence-corrected chi connectivity index (χ4v) is 3.06. The maximum atomic E-state index is 12.5. The molecule has 0 aliphatic carbocycles. The number of morpholine rings is 1. The zero-order valence-electron chi connectivity index (χ0n) is 11.7. The van der Waals surface area contributed by atoms with Crippen LogP contribution in [0.4, 0.5) is 0 Å². The molecule has 2 aromatic rings. The van der Waals surface area contributed by atoms with Crippen molar-refractivity contribution in [1.29, 1.82) is 0 Å². The van der Waals surface area contributed by atoms with Gasteiger partial charge in [-0.1, -0.05) is 6.07 Å². The predicted molar refractivity (Wildman–Crippen MR) is 79.7 cm³/mol. The molecular weight excluding hydrogens is 288 g/mol. The highest BCUT2D eigenvalue weighted by Crippen LogP contribution is 2.26. The van der Waals surface area contributed by atoms with Crippen molar-refractivity contribution in [3.8, 4) is 5.88 Å². The number of pyridine rings is 1. The van der Waals surface area contributed by atoms with Gasteiger partial charge >= 0.3 is 0 Å². The fraction of sp³-hybridized carbons (Fsp3) is 0.333. The Morgan fingerprint density at radius 1 is 1.48 bits per heavy atom. The average molecular weight is 304 g/mol. The third-order valence-electron chi connectivity index (χ3n) is 3.41. The minimum atomic E-state index is -0.0334. The summed E-state index contributed by atoms with van der Waals surface area (Å²) in [5, 5.41) is 2.02. The molecule has 1 atom stereocenters. The number of thiophene rings is 1. The monoisotopic (exact) mass is 304 g/mol. The Balaban J connectivity index is 1.71. The van der Waals surface area contributed by atoms with Gasteiger partial charge in [-0.25, -0.2) is 4.98 Å². The van der Waals surface area contributed by atoms with Gasteiger partial charge < -0.3 is 14.4 Å². The largest absolute Gasteiger partial charge is 0.481 e. The van der Waals surface area contributed by atoms with Crippen LogP contribution in [0.25, 0.3) is 0 Å². The molecule has 1 aliphatic rings. The van der Waals surface area contributed by atoms with Crippen LogP contribution in [0.2, 0.25) is 0 Å². The third-order valence-corrected chi connectivity index (χ3v) is 4.37. The Morgan fingerprint density at radius 2 is 2.38 bits per heavy atom. The molecule has 0 aromatic carbocycles. The maximum Gasteiger partial charge on any atom is 0.255 e. The summed E-state index contributed by atoms with van der Waals surface area (Å²) in [7, 11) is 1.55. The molecule has 1 amide bonds. The molecule has 0 spiro atoms. The number of methoxy groups -OCH3 is 1. The second-order valence-electron chi connectivity index (χ2n) is 4.72. The van der Waals surface area contributed by atoms with E-state index in [-0.39, 0.29) is 12.0 Å². The number of hydrogen-bond acceptors (Lipinski definition) is 5. The number of ether oxygens (including phenoxy) is 2. The van der Waals surface area contributed by atoms with E-state index >= 15 is 0 Å². The van der Waals surface area contributed by atoms with Gasteiger partial charge in [0.2, 0.25) is 5.88 Å². The molecule has 110 valence electrons. The van der Waals surface area contributed by atoms with E-state index in [1.54, 1.807) is 36.8 Å². The Morgan fingerprint density at radius 3 is 3.05 bits per heavy atom. The smallest absolute Gasteiger partial charge is 0.255 e. The van der Waals surface area contributed by atoms with Gasteiger partial charge in [0.1, 0.15) is 6.10 Å². The van der Waals surface area contributed by atoms with E-state index in [4.69, 9.17) is 9.47 Å². The van der Waals surface area contributed by atoms with Crippen LogP contribution in [-0.2, 0) is 4.74 Å². The fourth-order valence-electron chi connectivity index (χ4n) is 2.29. The lowest BCUT2D eigenvalue weighted by Crippen LogP contribution is -2.42. The van der Waals surface area contributed by atoms with E-state index in [2.05, 4.69) is 4.98 Å². The van der Waals surface area contributed by atoms with Crippen molar-refractivity contribution in [2.75, 3.05) is 26.8 Å². The van der Waals surface area contributed by atoms with Gasteiger partial charge in [-0.05, 0) is 17.5 Å². The molecule has 0 bridgehead atoms. The number of carbonyl (C=O) groups excluding carboxylic acids is 1. The normalized spacial score (nSPS) is 18.5. The number of carbonyl (C=O) groups is 1. The SMILES string of the molecule is COc1ccc(C(=O)N2CCOC(c3cccs3)C2)cn1. The molecule has 5 nitrogen and oxygen atoms in total. The first kappa shape index (κ1) is 14.0. The molecule has 1 fully saturated rings. The van der Waals surface area contributed by atoms with Gasteiger partial charge in [-0.2, -0.15) is 0 Å². The first-order chi connectivity index (χ1) is 10.3. The molecular formula is C15H16N2O3S. The Kier molecular flexibility index (Phi) is 4.17. The summed E-state index contributed by atoms with van der Waals surface area (Å²) in [6, 6.07) is 7.48. The zero-order valence-corrected chi connectivity index (χ0v) is 12.5. The summed E-state index contributed by atoms with van der Waals surface area (Å²) < 4.78 is 10.8. The van der Waals surface area contributed by atoms with Crippen molar-refractivity contribution in [2.24, 2.45) is 0 Å². The Labute approximate surface area is 127 Å². The van der Waals surface area contributed by atoms with E-state index in [0.717, 1.165) is 4.88 Å². The van der Waals surface area contributed by atoms with E-state index < -0.39 is 0 Å². The highest BCUT2D eigenvalue weighted by molar-refractivity contribution is 7.10. The number of nitrogens with zero attached hydrogens (tertiary/aromatic N) is 2. The molecule has 1 saturated heterocycles. The van der Waals surface area contributed by atoms with Crippen molar-refractivity contribution >= 4 is 17.2 Å². The van der Waals surface area contributed by atoms with Crippen LogP contribution in [-0.4, -0.2) is 42.6 Å². The zero-order chi connectivity index (χ0) is 14.7. The van der Waals surface area contributed by atoms with Gasteiger partial charge in [-0.3, -0.25) is 4.79 Å². The first-order valence-electron chi connectivity index (χ1n) is 6.72. The third kappa shape index (κ3) is 3.06. The average Bonchev–Trinajstić information content (AvgIpc) is 3.09. The molecule has 2 aromatic heterocycles. The predicted octanol–water partition coefficient (Wildman–Crippen LogP) is 2.37. The summed E-state index contributed by atoms with van der Waals surface area (Å²) in [6.45, 7) is 1.73. The summed E-state index contributed by atoms with van der Waals surface area (Å²) in [5.41, 5.74) is 0.572. The second-order valence-corrected chi connectivity index (χ2v) is 5.69. The van der Waals surface area contributed by atoms with Crippen LogP contribution < -0.4 is 4.74 Å². The lowest BCUT2D eigenvalue weighted by atomic mass is 10.2. The van der Waals surface area contributed by atoms with Gasteiger partial charge in [0.15, 0.2) is 0 Å². The molecule has 3 rings (SSSR count). The molecule has 0 saturated carbocycles. The molecule has 0 radical (unpaired) electrons. The summed E-state index contributed by atoms with van der Waals surface area (Å²) in [4.78, 5) is 19.6. The van der Waals surface area contributed by atoms with Crippen molar-refractivity contribution in [3.05, 3.63) is 46.3 Å². The standard InChI is InChI=1S/C15H16N2O3S/c1-19-14-5-4-11(9-16-14)15(18)17-6-7-20-12(10-17)13-3-2-8-21-13/h2-5,8-9,12H,6-7,10H2,1H3. The van der Waals surface area contributed by atoms with Gasteiger partial charge in [0, 0.05) is 23.7 Å². The highest BCUT2D eigenvalue weighted by Gasteiger charge is 2.26. The number of aromatic nitrogens is 1. The number of amides is 1. The van der Waals surface area contributed by atoms with Crippen LogP contribution in [0.1, 0.15) is 21.3 Å². The summed E-state index contributed by atoms with van der Waals surface area (Å²) >= 11 is 1.65. The first-order valence-corrected chi connectivity index (χ1v) is 7.60. The number of rotatable bonds is 3. The minimum Gasteiger partial charge on any atom is -0.481 e. The molecule has 1 unspecified atom stereocenters.